The summed E-state index contributed by atoms with van der Waals surface area (Å²) in [4.78, 5) is 8.90. The predicted octanol–water partition coefficient (Wildman–Crippen LogP) is -0.158. The van der Waals surface area contributed by atoms with Gasteiger partial charge in [0.2, 0.25) is 0 Å². The molecule has 0 heterocycles. The van der Waals surface area contributed by atoms with Gasteiger partial charge in [0.1, 0.15) is 0 Å². The first-order chi connectivity index (χ1) is 7.21. The quantitative estimate of drug-likeness (QED) is 0.267. The van der Waals surface area contributed by atoms with Gasteiger partial charge in [0.15, 0.2) is 5.96 Å². The zero-order valence-corrected chi connectivity index (χ0v) is 8.47. The molecule has 0 spiro atoms. The van der Waals surface area contributed by atoms with Crippen molar-refractivity contribution in [2.75, 3.05) is 13.1 Å². The van der Waals surface area contributed by atoms with Crippen LogP contribution in [0.5, 0.6) is 0 Å². The van der Waals surface area contributed by atoms with E-state index in [2.05, 4.69) is 5.32 Å². The van der Waals surface area contributed by atoms with Crippen LogP contribution in [0.15, 0.2) is 0 Å². The number of hydrogen-bond donors (Lipinski definition) is 5. The van der Waals surface area contributed by atoms with Crippen molar-refractivity contribution in [2.45, 2.75) is 19.0 Å². The number of guanidine groups is 1. The van der Waals surface area contributed by atoms with E-state index < -0.39 is 12.1 Å². The number of alkyl halides is 3. The van der Waals surface area contributed by atoms with E-state index in [1.165, 1.54) is 0 Å². The van der Waals surface area contributed by atoms with Gasteiger partial charge in [-0.05, 0) is 19.4 Å². The Morgan fingerprint density at radius 1 is 1.38 bits per heavy atom. The predicted molar refractivity (Wildman–Crippen MR) is 51.9 cm³/mol. The number of nitrogens with two attached hydrogens (primary N) is 2. The monoisotopic (exact) mass is 244 g/mol. The number of carbonyl (C=O) groups is 1. The van der Waals surface area contributed by atoms with Gasteiger partial charge in [-0.25, -0.2) is 4.79 Å². The van der Waals surface area contributed by atoms with Crippen LogP contribution < -0.4 is 16.8 Å². The minimum atomic E-state index is -5.08. The summed E-state index contributed by atoms with van der Waals surface area (Å²) in [5, 5.41) is 16.6. The van der Waals surface area contributed by atoms with Gasteiger partial charge in [-0.2, -0.15) is 13.2 Å². The first-order valence-electron chi connectivity index (χ1n) is 4.30. The zero-order chi connectivity index (χ0) is 13.2. The number of carboxylic acids is 1. The Bertz CT molecular complexity index is 220. The fraction of sp³-hybridized carbons (Fsp3) is 0.714. The molecule has 0 aromatic heterocycles. The van der Waals surface area contributed by atoms with Crippen LogP contribution in [0.4, 0.5) is 13.2 Å². The van der Waals surface area contributed by atoms with E-state index >= 15 is 0 Å². The lowest BCUT2D eigenvalue weighted by Crippen LogP contribution is -2.31. The molecule has 6 nitrogen and oxygen atoms in total. The van der Waals surface area contributed by atoms with E-state index in [1.54, 1.807) is 0 Å². The molecule has 7 N–H and O–H groups in total. The van der Waals surface area contributed by atoms with E-state index in [1.807, 2.05) is 0 Å². The molecule has 0 atom stereocenters. The highest BCUT2D eigenvalue weighted by molar-refractivity contribution is 5.74. The molecule has 0 unspecified atom stereocenters. The summed E-state index contributed by atoms with van der Waals surface area (Å²) >= 11 is 0. The number of carboxylic acid groups (broad SMARTS) is 1. The molecule has 0 aromatic rings. The van der Waals surface area contributed by atoms with Crippen LogP contribution >= 0.6 is 0 Å². The molecule has 96 valence electrons. The number of aliphatic carboxylic acids is 1. The summed E-state index contributed by atoms with van der Waals surface area (Å²) in [5.74, 6) is -2.72. The normalized spacial score (nSPS) is 10.0. The van der Waals surface area contributed by atoms with Crippen LogP contribution in [0.2, 0.25) is 0 Å². The van der Waals surface area contributed by atoms with Crippen LogP contribution in [-0.2, 0) is 4.79 Å². The molecule has 0 radical (unpaired) electrons. The highest BCUT2D eigenvalue weighted by Gasteiger charge is 2.38. The second kappa shape index (κ2) is 8.77. The van der Waals surface area contributed by atoms with Crippen molar-refractivity contribution in [2.24, 2.45) is 11.5 Å². The number of hydrogen-bond acceptors (Lipinski definition) is 3. The second-order valence-electron chi connectivity index (χ2n) is 2.64. The molecule has 0 aliphatic rings. The van der Waals surface area contributed by atoms with Crippen LogP contribution in [0, 0.1) is 5.41 Å². The number of rotatable bonds is 4. The van der Waals surface area contributed by atoms with Crippen molar-refractivity contribution in [1.82, 2.24) is 5.32 Å². The molecule has 0 aromatic carbocycles. The SMILES string of the molecule is N=C(N)NCCCCN.O=C(O)C(F)(F)F. The third-order valence-electron chi connectivity index (χ3n) is 1.19. The Balaban J connectivity index is 0. The van der Waals surface area contributed by atoms with Crippen LogP contribution in [-0.4, -0.2) is 36.3 Å². The third-order valence-corrected chi connectivity index (χ3v) is 1.19. The Morgan fingerprint density at radius 2 is 1.81 bits per heavy atom. The summed E-state index contributed by atoms with van der Waals surface area (Å²) < 4.78 is 31.7. The lowest BCUT2D eigenvalue weighted by Gasteiger charge is -2.00. The lowest BCUT2D eigenvalue weighted by molar-refractivity contribution is -0.192. The molecule has 0 bridgehead atoms. The number of unbranched alkanes of at least 4 members (excludes halogenated alkanes) is 1. The van der Waals surface area contributed by atoms with E-state index in [0.29, 0.717) is 6.54 Å². The third kappa shape index (κ3) is 15.0. The topological polar surface area (TPSA) is 125 Å². The average Bonchev–Trinajstić information content (AvgIpc) is 2.11. The average molecular weight is 244 g/mol. The van der Waals surface area contributed by atoms with E-state index in [-0.39, 0.29) is 5.96 Å². The molecule has 0 amide bonds. The maximum atomic E-state index is 10.6. The fourth-order valence-corrected chi connectivity index (χ4v) is 0.492. The molecule has 16 heavy (non-hydrogen) atoms. The van der Waals surface area contributed by atoms with Crippen molar-refractivity contribution >= 4 is 11.9 Å². The zero-order valence-electron chi connectivity index (χ0n) is 8.47. The summed E-state index contributed by atoms with van der Waals surface area (Å²) in [6.07, 6.45) is -3.11. The maximum Gasteiger partial charge on any atom is 0.490 e. The highest BCUT2D eigenvalue weighted by Crippen LogP contribution is 2.13. The van der Waals surface area contributed by atoms with Gasteiger partial charge in [0.05, 0.1) is 0 Å². The summed E-state index contributed by atoms with van der Waals surface area (Å²) in [6, 6.07) is 0. The van der Waals surface area contributed by atoms with Crippen molar-refractivity contribution < 1.29 is 23.1 Å². The summed E-state index contributed by atoms with van der Waals surface area (Å²) in [5.41, 5.74) is 10.2. The molecule has 0 fully saturated rings. The molecule has 0 aliphatic heterocycles. The van der Waals surface area contributed by atoms with Gasteiger partial charge in [-0.3, -0.25) is 5.41 Å². The van der Waals surface area contributed by atoms with Gasteiger partial charge in [-0.15, -0.1) is 0 Å². The first kappa shape index (κ1) is 16.9. The maximum absolute atomic E-state index is 10.6. The molecule has 9 heteroatoms. The van der Waals surface area contributed by atoms with Gasteiger partial charge in [0.25, 0.3) is 0 Å². The van der Waals surface area contributed by atoms with Crippen molar-refractivity contribution in [3.63, 3.8) is 0 Å². The van der Waals surface area contributed by atoms with Crippen LogP contribution in [0.25, 0.3) is 0 Å². The Kier molecular flexibility index (Phi) is 9.27. The Morgan fingerprint density at radius 3 is 2.06 bits per heavy atom. The standard InChI is InChI=1S/C5H14N4.C2HF3O2/c6-3-1-2-4-9-5(7)8;3-2(4,5)1(6)7/h1-4,6H2,(H4,7,8,9);(H,6,7). The minimum absolute atomic E-state index is 0.0343. The first-order valence-corrected chi connectivity index (χ1v) is 4.30. The van der Waals surface area contributed by atoms with Crippen molar-refractivity contribution in [1.29, 1.82) is 5.41 Å². The van der Waals surface area contributed by atoms with E-state index in [4.69, 9.17) is 26.8 Å². The Hall–Kier alpha value is -1.51. The molecular weight excluding hydrogens is 229 g/mol. The fourth-order valence-electron chi connectivity index (χ4n) is 0.492. The highest BCUT2D eigenvalue weighted by atomic mass is 19.4. The molecule has 0 rings (SSSR count). The van der Waals surface area contributed by atoms with Gasteiger partial charge < -0.3 is 21.9 Å². The molecule has 0 saturated heterocycles. The number of nitrogens with one attached hydrogen (secondary N) is 2. The second-order valence-corrected chi connectivity index (χ2v) is 2.64. The van der Waals surface area contributed by atoms with E-state index in [9.17, 15) is 13.2 Å². The van der Waals surface area contributed by atoms with E-state index in [0.717, 1.165) is 19.4 Å². The summed E-state index contributed by atoms with van der Waals surface area (Å²) in [7, 11) is 0. The van der Waals surface area contributed by atoms with Crippen LogP contribution in [0.3, 0.4) is 0 Å². The number of halogens is 3. The molecular formula is C7H15F3N4O2. The van der Waals surface area contributed by atoms with Crippen molar-refractivity contribution in [3.8, 4) is 0 Å². The minimum Gasteiger partial charge on any atom is -0.475 e. The Labute approximate surface area is 90.3 Å². The molecule has 0 aliphatic carbocycles. The van der Waals surface area contributed by atoms with Gasteiger partial charge in [0, 0.05) is 6.54 Å². The van der Waals surface area contributed by atoms with Gasteiger partial charge in [-0.1, -0.05) is 0 Å². The van der Waals surface area contributed by atoms with Crippen molar-refractivity contribution in [3.05, 3.63) is 0 Å². The largest absolute Gasteiger partial charge is 0.490 e. The smallest absolute Gasteiger partial charge is 0.475 e. The van der Waals surface area contributed by atoms with Crippen LogP contribution in [0.1, 0.15) is 12.8 Å². The lowest BCUT2D eigenvalue weighted by atomic mass is 10.3. The van der Waals surface area contributed by atoms with Gasteiger partial charge >= 0.3 is 12.1 Å². The molecule has 0 saturated carbocycles. The summed E-state index contributed by atoms with van der Waals surface area (Å²) in [6.45, 7) is 1.46.